The maximum Gasteiger partial charge on any atom is 0.393 e. The molecule has 5 heteroatoms. The van der Waals surface area contributed by atoms with Gasteiger partial charge >= 0.3 is 6.18 Å². The van der Waals surface area contributed by atoms with E-state index in [9.17, 15) is 13.2 Å². The number of halogens is 3. The molecule has 1 N–H and O–H groups in total. The van der Waals surface area contributed by atoms with Crippen LogP contribution < -0.4 is 5.32 Å². The first-order valence-electron chi connectivity index (χ1n) is 6.81. The van der Waals surface area contributed by atoms with Gasteiger partial charge in [0, 0.05) is 19.1 Å². The summed E-state index contributed by atoms with van der Waals surface area (Å²) in [6, 6.07) is 0.428. The van der Waals surface area contributed by atoms with E-state index in [1.165, 1.54) is 0 Å². The molecule has 0 aromatic carbocycles. The number of rotatable bonds is 5. The number of piperidine rings is 1. The zero-order valence-electron chi connectivity index (χ0n) is 11.6. The van der Waals surface area contributed by atoms with Crippen LogP contribution in [0.25, 0.3) is 0 Å². The molecule has 2 atom stereocenters. The monoisotopic (exact) mass is 266 g/mol. The van der Waals surface area contributed by atoms with E-state index in [0.717, 1.165) is 19.6 Å². The summed E-state index contributed by atoms with van der Waals surface area (Å²) in [4.78, 5) is 1.97. The highest BCUT2D eigenvalue weighted by molar-refractivity contribution is 4.79. The highest BCUT2D eigenvalue weighted by atomic mass is 19.4. The minimum absolute atomic E-state index is 0.176. The van der Waals surface area contributed by atoms with Gasteiger partial charge in [0.15, 0.2) is 0 Å². The van der Waals surface area contributed by atoms with E-state index in [-0.39, 0.29) is 6.54 Å². The first kappa shape index (κ1) is 15.8. The van der Waals surface area contributed by atoms with Crippen molar-refractivity contribution in [2.24, 2.45) is 11.8 Å². The molecule has 0 spiro atoms. The molecule has 2 nitrogen and oxygen atoms in total. The second-order valence-electron chi connectivity index (χ2n) is 5.81. The topological polar surface area (TPSA) is 15.3 Å². The summed E-state index contributed by atoms with van der Waals surface area (Å²) in [5, 5.41) is 3.33. The third-order valence-electron chi connectivity index (χ3n) is 3.41. The average Bonchev–Trinajstić information content (AvgIpc) is 2.25. The van der Waals surface area contributed by atoms with Gasteiger partial charge in [0.25, 0.3) is 0 Å². The quantitative estimate of drug-likeness (QED) is 0.823. The largest absolute Gasteiger partial charge is 0.393 e. The van der Waals surface area contributed by atoms with Gasteiger partial charge < -0.3 is 10.2 Å². The molecule has 1 saturated heterocycles. The van der Waals surface area contributed by atoms with E-state index in [1.54, 1.807) is 0 Å². The second-order valence-corrected chi connectivity index (χ2v) is 5.81. The number of likely N-dealkylation sites (tertiary alicyclic amines) is 1. The summed E-state index contributed by atoms with van der Waals surface area (Å²) in [5.74, 6) is -0.740. The fourth-order valence-electron chi connectivity index (χ4n) is 2.43. The van der Waals surface area contributed by atoms with Crippen LogP contribution in [0.5, 0.6) is 0 Å². The number of nitrogens with one attached hydrogen (secondary N) is 1. The lowest BCUT2D eigenvalue weighted by molar-refractivity contribution is -0.187. The fraction of sp³-hybridized carbons (Fsp3) is 1.00. The van der Waals surface area contributed by atoms with Gasteiger partial charge in [0.05, 0.1) is 5.92 Å². The molecule has 0 amide bonds. The summed E-state index contributed by atoms with van der Waals surface area (Å²) in [7, 11) is 0. The fourth-order valence-corrected chi connectivity index (χ4v) is 2.43. The van der Waals surface area contributed by atoms with Gasteiger partial charge in [-0.25, -0.2) is 0 Å². The Labute approximate surface area is 108 Å². The predicted molar refractivity (Wildman–Crippen MR) is 67.5 cm³/mol. The highest BCUT2D eigenvalue weighted by Crippen LogP contribution is 2.33. The Morgan fingerprint density at radius 2 is 1.94 bits per heavy atom. The Bertz CT molecular complexity index is 241. The van der Waals surface area contributed by atoms with Crippen LogP contribution >= 0.6 is 0 Å². The van der Waals surface area contributed by atoms with Crippen LogP contribution in [0.2, 0.25) is 0 Å². The second kappa shape index (κ2) is 6.75. The van der Waals surface area contributed by atoms with E-state index in [0.29, 0.717) is 24.8 Å². The van der Waals surface area contributed by atoms with Crippen LogP contribution in [-0.2, 0) is 0 Å². The Balaban J connectivity index is 2.33. The van der Waals surface area contributed by atoms with Gasteiger partial charge in [-0.2, -0.15) is 13.2 Å². The molecule has 1 heterocycles. The third-order valence-corrected chi connectivity index (χ3v) is 3.41. The van der Waals surface area contributed by atoms with Gasteiger partial charge in [-0.05, 0) is 31.8 Å². The smallest absolute Gasteiger partial charge is 0.314 e. The molecule has 0 radical (unpaired) electrons. The Hall–Kier alpha value is -0.290. The molecule has 18 heavy (non-hydrogen) atoms. The van der Waals surface area contributed by atoms with Crippen molar-refractivity contribution < 1.29 is 13.2 Å². The molecule has 1 rings (SSSR count). The van der Waals surface area contributed by atoms with Crippen molar-refractivity contribution >= 4 is 0 Å². The van der Waals surface area contributed by atoms with Crippen molar-refractivity contribution in [3.05, 3.63) is 0 Å². The van der Waals surface area contributed by atoms with Crippen molar-refractivity contribution in [3.8, 4) is 0 Å². The molecule has 0 bridgehead atoms. The standard InChI is InChI=1S/C13H25F3N2/c1-10(2)17-7-11(3)8-18-6-4-5-12(9-18)13(14,15)16/h10-12,17H,4-9H2,1-3H3. The van der Waals surface area contributed by atoms with Crippen LogP contribution in [0.4, 0.5) is 13.2 Å². The minimum atomic E-state index is -4.03. The normalized spacial score (nSPS) is 24.5. The van der Waals surface area contributed by atoms with Crippen LogP contribution in [0.1, 0.15) is 33.6 Å². The summed E-state index contributed by atoms with van der Waals surface area (Å²) >= 11 is 0. The van der Waals surface area contributed by atoms with E-state index in [4.69, 9.17) is 0 Å². The summed E-state index contributed by atoms with van der Waals surface area (Å²) < 4.78 is 38.0. The van der Waals surface area contributed by atoms with Gasteiger partial charge in [0.2, 0.25) is 0 Å². The van der Waals surface area contributed by atoms with E-state index in [1.807, 2.05) is 4.90 Å². The van der Waals surface area contributed by atoms with Gasteiger partial charge in [-0.15, -0.1) is 0 Å². The van der Waals surface area contributed by atoms with E-state index in [2.05, 4.69) is 26.1 Å². The molecule has 2 unspecified atom stereocenters. The molecule has 0 aromatic rings. The van der Waals surface area contributed by atoms with E-state index < -0.39 is 12.1 Å². The van der Waals surface area contributed by atoms with Gasteiger partial charge in [0.1, 0.15) is 0 Å². The highest BCUT2D eigenvalue weighted by Gasteiger charge is 2.41. The SMILES string of the molecule is CC(CNC(C)C)CN1CCCC(C(F)(F)F)C1. The molecule has 108 valence electrons. The molecular weight excluding hydrogens is 241 g/mol. The molecule has 1 aliphatic heterocycles. The van der Waals surface area contributed by atoms with Crippen LogP contribution in [0.3, 0.4) is 0 Å². The lowest BCUT2D eigenvalue weighted by Crippen LogP contribution is -2.44. The molecule has 0 saturated carbocycles. The first-order valence-corrected chi connectivity index (χ1v) is 6.81. The van der Waals surface area contributed by atoms with Gasteiger partial charge in [-0.1, -0.05) is 20.8 Å². The van der Waals surface area contributed by atoms with Crippen molar-refractivity contribution in [2.45, 2.75) is 45.8 Å². The Morgan fingerprint density at radius 1 is 1.28 bits per heavy atom. The number of hydrogen-bond donors (Lipinski definition) is 1. The van der Waals surface area contributed by atoms with Crippen LogP contribution in [0.15, 0.2) is 0 Å². The molecule has 1 aliphatic rings. The van der Waals surface area contributed by atoms with Crippen molar-refractivity contribution in [1.82, 2.24) is 10.2 Å². The maximum absolute atomic E-state index is 12.7. The molecular formula is C13H25F3N2. The number of nitrogens with zero attached hydrogens (tertiary/aromatic N) is 1. The number of hydrogen-bond acceptors (Lipinski definition) is 2. The summed E-state index contributed by atoms with van der Waals surface area (Å²) in [6.07, 6.45) is -3.08. The number of alkyl halides is 3. The Morgan fingerprint density at radius 3 is 2.50 bits per heavy atom. The Kier molecular flexibility index (Phi) is 5.92. The summed E-state index contributed by atoms with van der Waals surface area (Å²) in [5.41, 5.74) is 0. The molecule has 0 aromatic heterocycles. The zero-order valence-corrected chi connectivity index (χ0v) is 11.6. The van der Waals surface area contributed by atoms with Crippen LogP contribution in [0, 0.1) is 11.8 Å². The van der Waals surface area contributed by atoms with Crippen LogP contribution in [-0.4, -0.2) is 43.3 Å². The average molecular weight is 266 g/mol. The third kappa shape index (κ3) is 5.57. The lowest BCUT2D eigenvalue weighted by atomic mass is 9.96. The lowest BCUT2D eigenvalue weighted by Gasteiger charge is -2.35. The van der Waals surface area contributed by atoms with Gasteiger partial charge in [-0.3, -0.25) is 0 Å². The minimum Gasteiger partial charge on any atom is -0.314 e. The predicted octanol–water partition coefficient (Wildman–Crippen LogP) is 2.89. The summed E-state index contributed by atoms with van der Waals surface area (Å²) in [6.45, 7) is 8.85. The van der Waals surface area contributed by atoms with E-state index >= 15 is 0 Å². The maximum atomic E-state index is 12.7. The van der Waals surface area contributed by atoms with Crippen molar-refractivity contribution in [2.75, 3.05) is 26.2 Å². The first-order chi connectivity index (χ1) is 8.29. The van der Waals surface area contributed by atoms with Crippen molar-refractivity contribution in [1.29, 1.82) is 0 Å². The zero-order chi connectivity index (χ0) is 13.8. The van der Waals surface area contributed by atoms with Crippen molar-refractivity contribution in [3.63, 3.8) is 0 Å². The molecule has 1 fully saturated rings. The molecule has 0 aliphatic carbocycles.